The Hall–Kier alpha value is -1.92. The molecule has 0 spiro atoms. The monoisotopic (exact) mass is 336 g/mol. The Labute approximate surface area is 138 Å². The summed E-state index contributed by atoms with van der Waals surface area (Å²) in [5.74, 6) is -0.379. The van der Waals surface area contributed by atoms with Gasteiger partial charge < -0.3 is 5.32 Å². The van der Waals surface area contributed by atoms with Crippen LogP contribution in [0.1, 0.15) is 28.5 Å². The summed E-state index contributed by atoms with van der Waals surface area (Å²) in [7, 11) is 2.01. The number of nitrogens with one attached hydrogen (secondary N) is 2. The van der Waals surface area contributed by atoms with Crippen LogP contribution in [0.4, 0.5) is 4.39 Å². The van der Waals surface area contributed by atoms with Crippen molar-refractivity contribution in [1.29, 1.82) is 0 Å². The van der Waals surface area contributed by atoms with Gasteiger partial charge in [-0.1, -0.05) is 17.7 Å². The largest absolute Gasteiger partial charge is 0.350 e. The standard InChI is InChI=1S/C16H18ClFN4O/c1-22-7-5-11(9-19-16(23)14-4-6-20-21-14)15(22)10-2-3-12(17)13(18)8-10/h2-4,6,8,11,15H,5,7,9H2,1H3,(H,19,23)(H,20,21)/t11-,15+/m0/s1. The Morgan fingerprint density at radius 3 is 3.04 bits per heavy atom. The number of hydrogen-bond donors (Lipinski definition) is 2. The van der Waals surface area contributed by atoms with Crippen LogP contribution in [0.15, 0.2) is 30.5 Å². The zero-order valence-electron chi connectivity index (χ0n) is 12.7. The zero-order valence-corrected chi connectivity index (χ0v) is 13.5. The first-order chi connectivity index (χ1) is 11.1. The van der Waals surface area contributed by atoms with E-state index in [0.29, 0.717) is 12.2 Å². The van der Waals surface area contributed by atoms with E-state index in [0.717, 1.165) is 18.5 Å². The van der Waals surface area contributed by atoms with Gasteiger partial charge in [0.05, 0.1) is 5.02 Å². The summed E-state index contributed by atoms with van der Waals surface area (Å²) in [6.07, 6.45) is 2.48. The van der Waals surface area contributed by atoms with Crippen molar-refractivity contribution in [3.8, 4) is 0 Å². The van der Waals surface area contributed by atoms with E-state index in [1.54, 1.807) is 12.1 Å². The third kappa shape index (κ3) is 3.38. The SMILES string of the molecule is CN1CC[C@@H](CNC(=O)c2ccn[nH]2)[C@H]1c1ccc(Cl)c(F)c1. The molecule has 0 unspecified atom stereocenters. The van der Waals surface area contributed by atoms with Gasteiger partial charge in [0.15, 0.2) is 0 Å². The van der Waals surface area contributed by atoms with Gasteiger partial charge in [-0.25, -0.2) is 4.39 Å². The Morgan fingerprint density at radius 1 is 1.52 bits per heavy atom. The Kier molecular flexibility index (Phi) is 4.63. The summed E-state index contributed by atoms with van der Waals surface area (Å²) in [6.45, 7) is 1.43. The number of carbonyl (C=O) groups excluding carboxylic acids is 1. The number of halogens is 2. The predicted octanol–water partition coefficient (Wildman–Crippen LogP) is 2.63. The van der Waals surface area contributed by atoms with Gasteiger partial charge in [-0.2, -0.15) is 5.10 Å². The van der Waals surface area contributed by atoms with E-state index in [1.165, 1.54) is 12.3 Å². The van der Waals surface area contributed by atoms with Crippen LogP contribution < -0.4 is 5.32 Å². The van der Waals surface area contributed by atoms with E-state index >= 15 is 0 Å². The van der Waals surface area contributed by atoms with Crippen molar-refractivity contribution in [2.75, 3.05) is 20.1 Å². The van der Waals surface area contributed by atoms with Gasteiger partial charge >= 0.3 is 0 Å². The zero-order chi connectivity index (χ0) is 16.4. The fourth-order valence-corrected chi connectivity index (χ4v) is 3.28. The second-order valence-corrected chi connectivity index (χ2v) is 6.24. The number of carbonyl (C=O) groups is 1. The molecule has 23 heavy (non-hydrogen) atoms. The lowest BCUT2D eigenvalue weighted by atomic mass is 9.93. The van der Waals surface area contributed by atoms with E-state index in [9.17, 15) is 9.18 Å². The van der Waals surface area contributed by atoms with Crippen LogP contribution >= 0.6 is 11.6 Å². The van der Waals surface area contributed by atoms with Gasteiger partial charge in [-0.05, 0) is 49.7 Å². The quantitative estimate of drug-likeness (QED) is 0.902. The maximum absolute atomic E-state index is 13.8. The molecule has 0 bridgehead atoms. The molecule has 5 nitrogen and oxygen atoms in total. The molecular weight excluding hydrogens is 319 g/mol. The highest BCUT2D eigenvalue weighted by Gasteiger charge is 2.33. The molecule has 2 N–H and O–H groups in total. The first-order valence-corrected chi connectivity index (χ1v) is 7.87. The molecule has 2 aromatic rings. The van der Waals surface area contributed by atoms with Gasteiger partial charge in [-0.3, -0.25) is 14.8 Å². The number of likely N-dealkylation sites (tertiary alicyclic amines) is 1. The van der Waals surface area contributed by atoms with Gasteiger partial charge in [0.25, 0.3) is 5.91 Å². The van der Waals surface area contributed by atoms with E-state index in [2.05, 4.69) is 20.4 Å². The smallest absolute Gasteiger partial charge is 0.269 e. The number of rotatable bonds is 4. The van der Waals surface area contributed by atoms with E-state index in [-0.39, 0.29) is 22.9 Å². The minimum Gasteiger partial charge on any atom is -0.350 e. The molecule has 7 heteroatoms. The summed E-state index contributed by atoms with van der Waals surface area (Å²) in [6, 6.07) is 6.60. The van der Waals surface area contributed by atoms with Gasteiger partial charge in [0.2, 0.25) is 0 Å². The fraction of sp³-hybridized carbons (Fsp3) is 0.375. The Morgan fingerprint density at radius 2 is 2.35 bits per heavy atom. The second-order valence-electron chi connectivity index (χ2n) is 5.83. The van der Waals surface area contributed by atoms with Crippen molar-refractivity contribution in [3.63, 3.8) is 0 Å². The fourth-order valence-electron chi connectivity index (χ4n) is 3.16. The highest BCUT2D eigenvalue weighted by atomic mass is 35.5. The summed E-state index contributed by atoms with van der Waals surface area (Å²) in [5.41, 5.74) is 1.32. The number of H-pyrrole nitrogens is 1. The van der Waals surface area contributed by atoms with Crippen LogP contribution in [-0.4, -0.2) is 41.1 Å². The molecule has 122 valence electrons. The third-order valence-corrected chi connectivity index (χ3v) is 4.64. The molecule has 2 atom stereocenters. The average Bonchev–Trinajstić information content (AvgIpc) is 3.18. The molecule has 1 aliphatic heterocycles. The van der Waals surface area contributed by atoms with Crippen LogP contribution in [0.5, 0.6) is 0 Å². The molecule has 1 aromatic carbocycles. The lowest BCUT2D eigenvalue weighted by molar-refractivity contribution is 0.0938. The maximum atomic E-state index is 13.8. The molecule has 2 heterocycles. The molecule has 3 rings (SSSR count). The number of aromatic amines is 1. The number of nitrogens with zero attached hydrogens (tertiary/aromatic N) is 2. The molecule has 0 aliphatic carbocycles. The van der Waals surface area contributed by atoms with Crippen molar-refractivity contribution in [1.82, 2.24) is 20.4 Å². The minimum atomic E-state index is -0.412. The lowest BCUT2D eigenvalue weighted by Gasteiger charge is -2.26. The highest BCUT2D eigenvalue weighted by Crippen LogP contribution is 2.36. The van der Waals surface area contributed by atoms with Gasteiger partial charge in [0.1, 0.15) is 11.5 Å². The topological polar surface area (TPSA) is 61.0 Å². The van der Waals surface area contributed by atoms with Gasteiger partial charge in [-0.15, -0.1) is 0 Å². The summed E-state index contributed by atoms with van der Waals surface area (Å²) in [5, 5.41) is 9.45. The predicted molar refractivity (Wildman–Crippen MR) is 85.8 cm³/mol. The van der Waals surface area contributed by atoms with Crippen molar-refractivity contribution >= 4 is 17.5 Å². The number of hydrogen-bond acceptors (Lipinski definition) is 3. The lowest BCUT2D eigenvalue weighted by Crippen LogP contribution is -2.32. The van der Waals surface area contributed by atoms with E-state index in [4.69, 9.17) is 11.6 Å². The summed E-state index contributed by atoms with van der Waals surface area (Å²) >= 11 is 5.76. The van der Waals surface area contributed by atoms with Crippen LogP contribution in [0.2, 0.25) is 5.02 Å². The molecule has 1 amide bonds. The minimum absolute atomic E-state index is 0.0591. The molecule has 1 fully saturated rings. The van der Waals surface area contributed by atoms with Crippen molar-refractivity contribution in [2.45, 2.75) is 12.5 Å². The van der Waals surface area contributed by atoms with E-state index < -0.39 is 5.82 Å². The summed E-state index contributed by atoms with van der Waals surface area (Å²) < 4.78 is 13.8. The van der Waals surface area contributed by atoms with E-state index in [1.807, 2.05) is 13.1 Å². The summed E-state index contributed by atoms with van der Waals surface area (Å²) in [4.78, 5) is 14.2. The molecule has 1 aromatic heterocycles. The first-order valence-electron chi connectivity index (χ1n) is 7.49. The van der Waals surface area contributed by atoms with Crippen LogP contribution in [-0.2, 0) is 0 Å². The Bertz CT molecular complexity index is 691. The third-order valence-electron chi connectivity index (χ3n) is 4.33. The molecule has 0 radical (unpaired) electrons. The molecule has 1 saturated heterocycles. The van der Waals surface area contributed by atoms with Crippen molar-refractivity contribution in [3.05, 3.63) is 52.6 Å². The van der Waals surface area contributed by atoms with Crippen LogP contribution in [0, 0.1) is 11.7 Å². The maximum Gasteiger partial charge on any atom is 0.269 e. The van der Waals surface area contributed by atoms with Crippen LogP contribution in [0.3, 0.4) is 0 Å². The molecule has 0 saturated carbocycles. The van der Waals surface area contributed by atoms with Crippen LogP contribution in [0.25, 0.3) is 0 Å². The molecule has 1 aliphatic rings. The second kappa shape index (κ2) is 6.68. The number of aromatic nitrogens is 2. The first kappa shape index (κ1) is 16.0. The average molecular weight is 337 g/mol. The number of benzene rings is 1. The van der Waals surface area contributed by atoms with Crippen molar-refractivity contribution < 1.29 is 9.18 Å². The van der Waals surface area contributed by atoms with Gasteiger partial charge in [0, 0.05) is 18.8 Å². The Balaban J connectivity index is 1.71. The molecular formula is C16H18ClFN4O. The van der Waals surface area contributed by atoms with Crippen molar-refractivity contribution in [2.24, 2.45) is 5.92 Å². The highest BCUT2D eigenvalue weighted by molar-refractivity contribution is 6.30. The number of amides is 1. The normalized spacial score (nSPS) is 21.5.